The number of halogens is 2. The molecule has 1 heterocycles. The number of hydrogen-bond acceptors (Lipinski definition) is 1. The van der Waals surface area contributed by atoms with E-state index in [0.29, 0.717) is 6.54 Å². The van der Waals surface area contributed by atoms with Crippen molar-refractivity contribution >= 4 is 24.0 Å². The van der Waals surface area contributed by atoms with Crippen LogP contribution in [0.2, 0.25) is 5.02 Å². The molecule has 0 amide bonds. The van der Waals surface area contributed by atoms with Crippen LogP contribution in [0.5, 0.6) is 0 Å². The first-order valence-electron chi connectivity index (χ1n) is 4.93. The highest BCUT2D eigenvalue weighted by Crippen LogP contribution is 2.22. The highest BCUT2D eigenvalue weighted by Gasteiger charge is 2.02. The van der Waals surface area contributed by atoms with Crippen molar-refractivity contribution < 1.29 is 0 Å². The van der Waals surface area contributed by atoms with E-state index >= 15 is 0 Å². The molecule has 16 heavy (non-hydrogen) atoms. The quantitative estimate of drug-likeness (QED) is 0.900. The first-order valence-corrected chi connectivity index (χ1v) is 5.31. The van der Waals surface area contributed by atoms with Crippen molar-refractivity contribution in [1.82, 2.24) is 4.57 Å². The second-order valence-corrected chi connectivity index (χ2v) is 3.82. The molecule has 2 aromatic rings. The normalized spacial score (nSPS) is 9.88. The predicted molar refractivity (Wildman–Crippen MR) is 70.8 cm³/mol. The Morgan fingerprint density at radius 1 is 1.19 bits per heavy atom. The summed E-state index contributed by atoms with van der Waals surface area (Å²) in [6, 6.07) is 10.0. The smallest absolute Gasteiger partial charge is 0.0649 e. The summed E-state index contributed by atoms with van der Waals surface area (Å²) in [6.45, 7) is 0.652. The second kappa shape index (κ2) is 5.94. The summed E-state index contributed by atoms with van der Waals surface area (Å²) >= 11 is 6.19. The molecule has 86 valence electrons. The Kier molecular flexibility index (Phi) is 4.87. The fourth-order valence-corrected chi connectivity index (χ4v) is 1.88. The predicted octanol–water partition coefficient (Wildman–Crippen LogP) is 3.05. The third-order valence-corrected chi connectivity index (χ3v) is 2.63. The summed E-state index contributed by atoms with van der Waals surface area (Å²) in [5.41, 5.74) is 7.68. The Labute approximate surface area is 106 Å². The minimum absolute atomic E-state index is 0. The van der Waals surface area contributed by atoms with E-state index in [-0.39, 0.29) is 12.4 Å². The van der Waals surface area contributed by atoms with E-state index in [1.165, 1.54) is 5.56 Å². The van der Waals surface area contributed by atoms with E-state index in [0.717, 1.165) is 17.1 Å². The Hall–Kier alpha value is -0.960. The van der Waals surface area contributed by atoms with E-state index in [9.17, 15) is 0 Å². The van der Waals surface area contributed by atoms with Gasteiger partial charge in [0.05, 0.1) is 10.7 Å². The van der Waals surface area contributed by atoms with Crippen molar-refractivity contribution in [3.63, 3.8) is 0 Å². The molecule has 0 saturated heterocycles. The van der Waals surface area contributed by atoms with Crippen LogP contribution in [0.1, 0.15) is 5.56 Å². The summed E-state index contributed by atoms with van der Waals surface area (Å²) in [4.78, 5) is 0. The van der Waals surface area contributed by atoms with E-state index in [4.69, 9.17) is 17.3 Å². The largest absolute Gasteiger partial charge is 0.330 e. The van der Waals surface area contributed by atoms with Crippen LogP contribution in [0.15, 0.2) is 42.7 Å². The zero-order valence-corrected chi connectivity index (χ0v) is 10.3. The Balaban J connectivity index is 0.00000128. The van der Waals surface area contributed by atoms with Crippen LogP contribution < -0.4 is 5.73 Å². The molecule has 1 aromatic carbocycles. The average Bonchev–Trinajstić information content (AvgIpc) is 2.71. The summed E-state index contributed by atoms with van der Waals surface area (Å²) in [5.74, 6) is 0. The van der Waals surface area contributed by atoms with Gasteiger partial charge in [-0.2, -0.15) is 0 Å². The number of rotatable bonds is 3. The van der Waals surface area contributed by atoms with Crippen LogP contribution in [-0.4, -0.2) is 11.1 Å². The Bertz CT molecular complexity index is 438. The van der Waals surface area contributed by atoms with Crippen molar-refractivity contribution in [2.45, 2.75) is 6.42 Å². The summed E-state index contributed by atoms with van der Waals surface area (Å²) < 4.78 is 1.99. The van der Waals surface area contributed by atoms with Gasteiger partial charge in [-0.05, 0) is 42.8 Å². The van der Waals surface area contributed by atoms with E-state index in [1.54, 1.807) is 0 Å². The third kappa shape index (κ3) is 2.79. The number of hydrogen-bond donors (Lipinski definition) is 1. The zero-order valence-electron chi connectivity index (χ0n) is 8.77. The fraction of sp³-hybridized carbons (Fsp3) is 0.167. The molecule has 0 unspecified atom stereocenters. The van der Waals surface area contributed by atoms with Gasteiger partial charge in [0, 0.05) is 12.4 Å². The highest BCUT2D eigenvalue weighted by atomic mass is 35.5. The summed E-state index contributed by atoms with van der Waals surface area (Å²) in [7, 11) is 0. The molecule has 0 atom stereocenters. The molecule has 0 saturated carbocycles. The number of aromatic nitrogens is 1. The molecule has 0 aliphatic carbocycles. The molecular formula is C12H14Cl2N2. The van der Waals surface area contributed by atoms with Crippen LogP contribution in [0.4, 0.5) is 0 Å². The molecule has 0 aliphatic rings. The zero-order chi connectivity index (χ0) is 10.7. The van der Waals surface area contributed by atoms with E-state index in [1.807, 2.05) is 41.2 Å². The number of benzene rings is 1. The lowest BCUT2D eigenvalue weighted by Gasteiger charge is -2.07. The Morgan fingerprint density at radius 3 is 2.44 bits per heavy atom. The lowest BCUT2D eigenvalue weighted by Crippen LogP contribution is -2.03. The van der Waals surface area contributed by atoms with Gasteiger partial charge in [-0.1, -0.05) is 17.7 Å². The first-order chi connectivity index (χ1) is 7.31. The molecular weight excluding hydrogens is 243 g/mol. The van der Waals surface area contributed by atoms with Crippen molar-refractivity contribution in [3.8, 4) is 5.69 Å². The molecule has 2 nitrogen and oxygen atoms in total. The molecule has 4 heteroatoms. The van der Waals surface area contributed by atoms with Crippen LogP contribution >= 0.6 is 24.0 Å². The maximum atomic E-state index is 6.19. The monoisotopic (exact) mass is 256 g/mol. The minimum Gasteiger partial charge on any atom is -0.330 e. The van der Waals surface area contributed by atoms with Gasteiger partial charge < -0.3 is 10.3 Å². The van der Waals surface area contributed by atoms with Gasteiger partial charge in [-0.3, -0.25) is 0 Å². The molecule has 0 fully saturated rings. The van der Waals surface area contributed by atoms with Crippen LogP contribution in [0.25, 0.3) is 5.69 Å². The maximum absolute atomic E-state index is 6.19. The van der Waals surface area contributed by atoms with Gasteiger partial charge in [0.25, 0.3) is 0 Å². The van der Waals surface area contributed by atoms with Crippen LogP contribution in [0, 0.1) is 0 Å². The molecule has 0 radical (unpaired) electrons. The van der Waals surface area contributed by atoms with Gasteiger partial charge >= 0.3 is 0 Å². The molecule has 2 rings (SSSR count). The van der Waals surface area contributed by atoms with Gasteiger partial charge in [0.2, 0.25) is 0 Å². The lowest BCUT2D eigenvalue weighted by atomic mass is 10.1. The van der Waals surface area contributed by atoms with Crippen LogP contribution in [-0.2, 0) is 6.42 Å². The SMILES string of the molecule is Cl.NCCc1ccc(-n2cccc2)c(Cl)c1. The van der Waals surface area contributed by atoms with Crippen molar-refractivity contribution in [3.05, 3.63) is 53.3 Å². The number of nitrogens with two attached hydrogens (primary N) is 1. The van der Waals surface area contributed by atoms with Gasteiger partial charge in [-0.15, -0.1) is 12.4 Å². The standard InChI is InChI=1S/C12H13ClN2.ClH/c13-11-9-10(5-6-14)3-4-12(11)15-7-1-2-8-15;/h1-4,7-9H,5-6,14H2;1H. The summed E-state index contributed by atoms with van der Waals surface area (Å²) in [5, 5.41) is 0.761. The molecule has 0 aliphatic heterocycles. The third-order valence-electron chi connectivity index (χ3n) is 2.33. The molecule has 1 aromatic heterocycles. The highest BCUT2D eigenvalue weighted by molar-refractivity contribution is 6.32. The molecule has 0 bridgehead atoms. The van der Waals surface area contributed by atoms with Crippen molar-refractivity contribution in [2.75, 3.05) is 6.54 Å². The van der Waals surface area contributed by atoms with Crippen LogP contribution in [0.3, 0.4) is 0 Å². The first kappa shape index (κ1) is 13.1. The van der Waals surface area contributed by atoms with Crippen molar-refractivity contribution in [2.24, 2.45) is 5.73 Å². The topological polar surface area (TPSA) is 30.9 Å². The number of nitrogens with zero attached hydrogens (tertiary/aromatic N) is 1. The summed E-state index contributed by atoms with van der Waals surface area (Å²) in [6.07, 6.45) is 4.82. The fourth-order valence-electron chi connectivity index (χ4n) is 1.58. The molecule has 2 N–H and O–H groups in total. The van der Waals surface area contributed by atoms with E-state index < -0.39 is 0 Å². The molecule has 0 spiro atoms. The maximum Gasteiger partial charge on any atom is 0.0649 e. The van der Waals surface area contributed by atoms with E-state index in [2.05, 4.69) is 6.07 Å². The van der Waals surface area contributed by atoms with Gasteiger partial charge in [0.1, 0.15) is 0 Å². The Morgan fingerprint density at radius 2 is 1.88 bits per heavy atom. The second-order valence-electron chi connectivity index (χ2n) is 3.41. The lowest BCUT2D eigenvalue weighted by molar-refractivity contribution is 0.965. The minimum atomic E-state index is 0. The van der Waals surface area contributed by atoms with Gasteiger partial charge in [0.15, 0.2) is 0 Å². The van der Waals surface area contributed by atoms with Gasteiger partial charge in [-0.25, -0.2) is 0 Å². The average molecular weight is 257 g/mol. The van der Waals surface area contributed by atoms with Crippen molar-refractivity contribution in [1.29, 1.82) is 0 Å².